The lowest BCUT2D eigenvalue weighted by atomic mass is 9.87. The van der Waals surface area contributed by atoms with Crippen molar-refractivity contribution in [3.63, 3.8) is 0 Å². The van der Waals surface area contributed by atoms with Crippen LogP contribution in [0.25, 0.3) is 0 Å². The van der Waals surface area contributed by atoms with Gasteiger partial charge in [-0.15, -0.1) is 0 Å². The SMILES string of the molecule is CCc1ccc(NC(=O)CN2CCC(F)(c3ncccc3C)CC2)cc1. The van der Waals surface area contributed by atoms with Crippen molar-refractivity contribution in [3.05, 3.63) is 59.4 Å². The van der Waals surface area contributed by atoms with E-state index in [1.54, 1.807) is 6.20 Å². The van der Waals surface area contributed by atoms with E-state index in [-0.39, 0.29) is 12.5 Å². The molecule has 138 valence electrons. The highest BCUT2D eigenvalue weighted by Crippen LogP contribution is 2.37. The summed E-state index contributed by atoms with van der Waals surface area (Å²) in [5.41, 5.74) is 2.07. The smallest absolute Gasteiger partial charge is 0.238 e. The molecule has 0 unspecified atom stereocenters. The van der Waals surface area contributed by atoms with Crippen LogP contribution in [0.2, 0.25) is 0 Å². The number of aromatic nitrogens is 1. The van der Waals surface area contributed by atoms with Crippen molar-refractivity contribution >= 4 is 11.6 Å². The second-order valence-corrected chi connectivity index (χ2v) is 7.01. The maximum atomic E-state index is 15.3. The van der Waals surface area contributed by atoms with E-state index in [0.717, 1.165) is 17.7 Å². The predicted octanol–water partition coefficient (Wildman–Crippen LogP) is 3.85. The van der Waals surface area contributed by atoms with Gasteiger partial charge in [0.2, 0.25) is 5.91 Å². The van der Waals surface area contributed by atoms with Gasteiger partial charge in [0.15, 0.2) is 5.67 Å². The zero-order chi connectivity index (χ0) is 18.6. The van der Waals surface area contributed by atoms with Crippen LogP contribution in [0.5, 0.6) is 0 Å². The van der Waals surface area contributed by atoms with E-state index in [1.807, 2.05) is 48.2 Å². The minimum atomic E-state index is -1.39. The Labute approximate surface area is 154 Å². The average Bonchev–Trinajstić information content (AvgIpc) is 2.65. The van der Waals surface area contributed by atoms with Gasteiger partial charge in [0.05, 0.1) is 12.2 Å². The van der Waals surface area contributed by atoms with Crippen LogP contribution in [0.1, 0.15) is 36.6 Å². The van der Waals surface area contributed by atoms with Gasteiger partial charge in [-0.3, -0.25) is 14.7 Å². The molecule has 1 aromatic heterocycles. The fourth-order valence-electron chi connectivity index (χ4n) is 3.48. The van der Waals surface area contributed by atoms with Gasteiger partial charge in [0.1, 0.15) is 0 Å². The maximum Gasteiger partial charge on any atom is 0.238 e. The van der Waals surface area contributed by atoms with E-state index in [2.05, 4.69) is 17.2 Å². The number of carbonyl (C=O) groups is 1. The van der Waals surface area contributed by atoms with Crippen molar-refractivity contribution < 1.29 is 9.18 Å². The second kappa shape index (κ2) is 7.96. The van der Waals surface area contributed by atoms with Gasteiger partial charge in [-0.05, 0) is 55.5 Å². The number of alkyl halides is 1. The summed E-state index contributed by atoms with van der Waals surface area (Å²) >= 11 is 0. The number of nitrogens with zero attached hydrogens (tertiary/aromatic N) is 2. The van der Waals surface area contributed by atoms with Gasteiger partial charge in [0, 0.05) is 25.0 Å². The quantitative estimate of drug-likeness (QED) is 0.886. The minimum Gasteiger partial charge on any atom is -0.325 e. The molecule has 3 rings (SSSR count). The summed E-state index contributed by atoms with van der Waals surface area (Å²) in [5, 5.41) is 2.92. The van der Waals surface area contributed by atoms with Gasteiger partial charge < -0.3 is 5.32 Å². The number of amides is 1. The van der Waals surface area contributed by atoms with Crippen molar-refractivity contribution in [1.29, 1.82) is 0 Å². The van der Waals surface area contributed by atoms with Crippen LogP contribution in [-0.2, 0) is 16.9 Å². The fourth-order valence-corrected chi connectivity index (χ4v) is 3.48. The van der Waals surface area contributed by atoms with Crippen molar-refractivity contribution in [3.8, 4) is 0 Å². The number of benzene rings is 1. The maximum absolute atomic E-state index is 15.3. The summed E-state index contributed by atoms with van der Waals surface area (Å²) in [5.74, 6) is -0.0605. The van der Waals surface area contributed by atoms with Crippen LogP contribution in [-0.4, -0.2) is 35.4 Å². The van der Waals surface area contributed by atoms with Crippen molar-refractivity contribution in [2.24, 2.45) is 0 Å². The van der Waals surface area contributed by atoms with Gasteiger partial charge >= 0.3 is 0 Å². The van der Waals surface area contributed by atoms with E-state index in [1.165, 1.54) is 5.56 Å². The molecule has 0 radical (unpaired) electrons. The molecule has 0 aliphatic carbocycles. The summed E-state index contributed by atoms with van der Waals surface area (Å²) in [4.78, 5) is 18.5. The Balaban J connectivity index is 1.53. The number of piperidine rings is 1. The number of hydrogen-bond acceptors (Lipinski definition) is 3. The Morgan fingerprint density at radius 1 is 1.23 bits per heavy atom. The molecule has 1 aromatic carbocycles. The number of carbonyl (C=O) groups excluding carboxylic acids is 1. The van der Waals surface area contributed by atoms with E-state index in [4.69, 9.17) is 0 Å². The van der Waals surface area contributed by atoms with Crippen LogP contribution in [0.4, 0.5) is 10.1 Å². The Morgan fingerprint density at radius 3 is 2.54 bits per heavy atom. The summed E-state index contributed by atoms with van der Waals surface area (Å²) < 4.78 is 15.3. The van der Waals surface area contributed by atoms with E-state index >= 15 is 4.39 Å². The first kappa shape index (κ1) is 18.5. The molecule has 2 heterocycles. The third-order valence-electron chi connectivity index (χ3n) is 5.10. The van der Waals surface area contributed by atoms with E-state index in [9.17, 15) is 4.79 Å². The van der Waals surface area contributed by atoms with E-state index in [0.29, 0.717) is 31.6 Å². The Bertz CT molecular complexity index is 752. The number of likely N-dealkylation sites (tertiary alicyclic amines) is 1. The van der Waals surface area contributed by atoms with Crippen LogP contribution in [0.3, 0.4) is 0 Å². The predicted molar refractivity (Wildman–Crippen MR) is 102 cm³/mol. The molecule has 5 heteroatoms. The van der Waals surface area contributed by atoms with Crippen LogP contribution >= 0.6 is 0 Å². The fraction of sp³-hybridized carbons (Fsp3) is 0.429. The number of anilines is 1. The highest BCUT2D eigenvalue weighted by molar-refractivity contribution is 5.92. The summed E-state index contributed by atoms with van der Waals surface area (Å²) in [6, 6.07) is 11.6. The van der Waals surface area contributed by atoms with Crippen molar-refractivity contribution in [2.45, 2.75) is 38.8 Å². The first-order valence-corrected chi connectivity index (χ1v) is 9.22. The first-order valence-electron chi connectivity index (χ1n) is 9.22. The number of halogens is 1. The van der Waals surface area contributed by atoms with Crippen LogP contribution < -0.4 is 5.32 Å². The van der Waals surface area contributed by atoms with Gasteiger partial charge in [-0.2, -0.15) is 0 Å². The Morgan fingerprint density at radius 2 is 1.92 bits per heavy atom. The number of pyridine rings is 1. The number of nitrogens with one attached hydrogen (secondary N) is 1. The lowest BCUT2D eigenvalue weighted by molar-refractivity contribution is -0.118. The molecule has 0 saturated carbocycles. The number of hydrogen-bond donors (Lipinski definition) is 1. The molecule has 0 bridgehead atoms. The van der Waals surface area contributed by atoms with Crippen molar-refractivity contribution in [1.82, 2.24) is 9.88 Å². The molecule has 2 aromatic rings. The second-order valence-electron chi connectivity index (χ2n) is 7.01. The Kier molecular flexibility index (Phi) is 5.67. The molecule has 1 saturated heterocycles. The molecule has 1 aliphatic rings. The topological polar surface area (TPSA) is 45.2 Å². The van der Waals surface area contributed by atoms with E-state index < -0.39 is 5.67 Å². The van der Waals surface area contributed by atoms with Gasteiger partial charge in [-0.1, -0.05) is 25.1 Å². The Hall–Kier alpha value is -2.27. The molecule has 4 nitrogen and oxygen atoms in total. The van der Waals surface area contributed by atoms with Crippen LogP contribution in [0, 0.1) is 6.92 Å². The highest BCUT2D eigenvalue weighted by Gasteiger charge is 2.38. The van der Waals surface area contributed by atoms with Crippen LogP contribution in [0.15, 0.2) is 42.6 Å². The molecular weight excluding hydrogens is 329 g/mol. The number of aryl methyl sites for hydroxylation is 2. The minimum absolute atomic E-state index is 0.0605. The molecule has 1 N–H and O–H groups in total. The lowest BCUT2D eigenvalue weighted by Gasteiger charge is -2.36. The molecule has 1 fully saturated rings. The largest absolute Gasteiger partial charge is 0.325 e. The molecule has 0 spiro atoms. The highest BCUT2D eigenvalue weighted by atomic mass is 19.1. The normalized spacial score (nSPS) is 17.0. The standard InChI is InChI=1S/C21H26FN3O/c1-3-17-6-8-18(9-7-17)24-19(26)15-25-13-10-21(22,11-14-25)20-16(2)5-4-12-23-20/h4-9,12H,3,10-11,13-15H2,1-2H3,(H,24,26). The summed E-state index contributed by atoms with van der Waals surface area (Å²) in [6.45, 7) is 5.38. The number of rotatable bonds is 5. The first-order chi connectivity index (χ1) is 12.5. The van der Waals surface area contributed by atoms with Gasteiger partial charge in [0.25, 0.3) is 0 Å². The van der Waals surface area contributed by atoms with Gasteiger partial charge in [-0.25, -0.2) is 4.39 Å². The molecular formula is C21H26FN3O. The molecule has 1 aliphatic heterocycles. The summed E-state index contributed by atoms with van der Waals surface area (Å²) in [7, 11) is 0. The molecule has 0 atom stereocenters. The molecule has 26 heavy (non-hydrogen) atoms. The third-order valence-corrected chi connectivity index (χ3v) is 5.10. The monoisotopic (exact) mass is 355 g/mol. The zero-order valence-corrected chi connectivity index (χ0v) is 15.5. The third kappa shape index (κ3) is 4.28. The zero-order valence-electron chi connectivity index (χ0n) is 15.5. The summed E-state index contributed by atoms with van der Waals surface area (Å²) in [6.07, 6.45) is 3.35. The van der Waals surface area contributed by atoms with Crippen molar-refractivity contribution in [2.75, 3.05) is 25.0 Å². The average molecular weight is 355 g/mol. The lowest BCUT2D eigenvalue weighted by Crippen LogP contribution is -2.44. The molecule has 1 amide bonds.